The van der Waals surface area contributed by atoms with E-state index in [0.29, 0.717) is 18.6 Å². The van der Waals surface area contributed by atoms with Gasteiger partial charge in [-0.15, -0.1) is 0 Å². The average molecular weight is 213 g/mol. The van der Waals surface area contributed by atoms with Gasteiger partial charge in [0, 0.05) is 6.54 Å². The molecule has 1 rings (SSSR count). The zero-order chi connectivity index (χ0) is 11.5. The normalized spacial score (nSPS) is 30.2. The maximum absolute atomic E-state index is 6.19. The van der Waals surface area contributed by atoms with Crippen LogP contribution >= 0.6 is 0 Å². The van der Waals surface area contributed by atoms with Crippen LogP contribution in [-0.2, 0) is 4.74 Å². The van der Waals surface area contributed by atoms with Gasteiger partial charge in [0.1, 0.15) is 0 Å². The Labute approximate surface area is 94.6 Å². The lowest BCUT2D eigenvalue weighted by atomic mass is 9.85. The largest absolute Gasteiger partial charge is 0.373 e. The molecule has 1 aliphatic rings. The van der Waals surface area contributed by atoms with Gasteiger partial charge in [0.2, 0.25) is 0 Å². The third-order valence-corrected chi connectivity index (χ3v) is 3.55. The number of ether oxygens (including phenoxy) is 1. The Hall–Kier alpha value is -0.0800. The molecule has 0 aromatic heterocycles. The van der Waals surface area contributed by atoms with Crippen molar-refractivity contribution in [2.45, 2.75) is 65.6 Å². The Balaban J connectivity index is 2.50. The van der Waals surface area contributed by atoms with E-state index in [2.05, 4.69) is 27.7 Å². The van der Waals surface area contributed by atoms with Crippen molar-refractivity contribution in [3.8, 4) is 0 Å². The number of rotatable bonds is 3. The third-order valence-electron chi connectivity index (χ3n) is 3.55. The van der Waals surface area contributed by atoms with Crippen LogP contribution in [0.25, 0.3) is 0 Å². The molecule has 0 spiro atoms. The highest BCUT2D eigenvalue weighted by atomic mass is 16.5. The molecule has 1 aliphatic carbocycles. The SMILES string of the molecule is CC1CCCCC1OC(CN)C(C)(C)C. The monoisotopic (exact) mass is 213 g/mol. The van der Waals surface area contributed by atoms with Gasteiger partial charge >= 0.3 is 0 Å². The highest BCUT2D eigenvalue weighted by Crippen LogP contribution is 2.31. The van der Waals surface area contributed by atoms with Gasteiger partial charge in [0.15, 0.2) is 0 Å². The van der Waals surface area contributed by atoms with Gasteiger partial charge in [-0.3, -0.25) is 0 Å². The van der Waals surface area contributed by atoms with Gasteiger partial charge in [-0.05, 0) is 24.2 Å². The van der Waals surface area contributed by atoms with Crippen molar-refractivity contribution in [2.24, 2.45) is 17.1 Å². The van der Waals surface area contributed by atoms with E-state index in [4.69, 9.17) is 10.5 Å². The molecular formula is C13H27NO. The first kappa shape index (κ1) is 13.0. The van der Waals surface area contributed by atoms with Crippen molar-refractivity contribution in [3.05, 3.63) is 0 Å². The fraction of sp³-hybridized carbons (Fsp3) is 1.00. The van der Waals surface area contributed by atoms with Crippen LogP contribution in [0, 0.1) is 11.3 Å². The van der Waals surface area contributed by atoms with E-state index < -0.39 is 0 Å². The van der Waals surface area contributed by atoms with E-state index in [1.807, 2.05) is 0 Å². The van der Waals surface area contributed by atoms with Crippen LogP contribution in [0.3, 0.4) is 0 Å². The second-order valence-electron chi connectivity index (χ2n) is 6.03. The van der Waals surface area contributed by atoms with Crippen LogP contribution in [0.2, 0.25) is 0 Å². The Morgan fingerprint density at radius 2 is 1.87 bits per heavy atom. The van der Waals surface area contributed by atoms with Crippen LogP contribution < -0.4 is 5.73 Å². The predicted octanol–water partition coefficient (Wildman–Crippen LogP) is 2.96. The molecule has 1 fully saturated rings. The van der Waals surface area contributed by atoms with Crippen LogP contribution in [0.1, 0.15) is 53.4 Å². The summed E-state index contributed by atoms with van der Waals surface area (Å²) in [6.07, 6.45) is 5.84. The summed E-state index contributed by atoms with van der Waals surface area (Å²) in [6.45, 7) is 9.56. The first-order valence-corrected chi connectivity index (χ1v) is 6.30. The summed E-state index contributed by atoms with van der Waals surface area (Å²) in [6, 6.07) is 0. The topological polar surface area (TPSA) is 35.2 Å². The maximum Gasteiger partial charge on any atom is 0.0749 e. The second-order valence-corrected chi connectivity index (χ2v) is 6.03. The average Bonchev–Trinajstić information content (AvgIpc) is 2.14. The maximum atomic E-state index is 6.19. The van der Waals surface area contributed by atoms with Gasteiger partial charge in [0.05, 0.1) is 12.2 Å². The number of nitrogens with two attached hydrogens (primary N) is 1. The fourth-order valence-corrected chi connectivity index (χ4v) is 2.31. The predicted molar refractivity (Wildman–Crippen MR) is 64.8 cm³/mol. The molecule has 0 amide bonds. The van der Waals surface area contributed by atoms with Gasteiger partial charge < -0.3 is 10.5 Å². The quantitative estimate of drug-likeness (QED) is 0.782. The minimum atomic E-state index is 0.159. The van der Waals surface area contributed by atoms with Crippen molar-refractivity contribution in [1.29, 1.82) is 0 Å². The molecule has 15 heavy (non-hydrogen) atoms. The summed E-state index contributed by atoms with van der Waals surface area (Å²) >= 11 is 0. The first-order valence-electron chi connectivity index (χ1n) is 6.30. The molecule has 1 saturated carbocycles. The summed E-state index contributed by atoms with van der Waals surface area (Å²) in [5.74, 6) is 0.704. The zero-order valence-electron chi connectivity index (χ0n) is 10.8. The minimum Gasteiger partial charge on any atom is -0.373 e. The fourth-order valence-electron chi connectivity index (χ4n) is 2.31. The molecule has 2 N–H and O–H groups in total. The lowest BCUT2D eigenvalue weighted by molar-refractivity contribution is -0.0927. The summed E-state index contributed by atoms with van der Waals surface area (Å²) in [5, 5.41) is 0. The highest BCUT2D eigenvalue weighted by molar-refractivity contribution is 4.80. The van der Waals surface area contributed by atoms with Crippen LogP contribution in [0.5, 0.6) is 0 Å². The van der Waals surface area contributed by atoms with Crippen LogP contribution in [0.4, 0.5) is 0 Å². The van der Waals surface area contributed by atoms with E-state index in [0.717, 1.165) is 0 Å². The van der Waals surface area contributed by atoms with Crippen LogP contribution in [0.15, 0.2) is 0 Å². The zero-order valence-corrected chi connectivity index (χ0v) is 10.8. The van der Waals surface area contributed by atoms with Gasteiger partial charge in [-0.25, -0.2) is 0 Å². The smallest absolute Gasteiger partial charge is 0.0749 e. The number of hydrogen-bond donors (Lipinski definition) is 1. The first-order chi connectivity index (χ1) is 6.95. The molecule has 0 aliphatic heterocycles. The van der Waals surface area contributed by atoms with Crippen molar-refractivity contribution < 1.29 is 4.74 Å². The summed E-state index contributed by atoms with van der Waals surface area (Å²) in [4.78, 5) is 0. The van der Waals surface area contributed by atoms with Gasteiger partial charge in [0.25, 0.3) is 0 Å². The van der Waals surface area contributed by atoms with E-state index >= 15 is 0 Å². The molecule has 0 bridgehead atoms. The van der Waals surface area contributed by atoms with E-state index in [1.165, 1.54) is 25.7 Å². The van der Waals surface area contributed by atoms with Crippen LogP contribution in [-0.4, -0.2) is 18.8 Å². The molecule has 3 atom stereocenters. The lowest BCUT2D eigenvalue weighted by Gasteiger charge is -2.37. The second kappa shape index (κ2) is 5.31. The summed E-state index contributed by atoms with van der Waals surface area (Å²) < 4.78 is 6.19. The Kier molecular flexibility index (Phi) is 4.60. The summed E-state index contributed by atoms with van der Waals surface area (Å²) in [7, 11) is 0. The van der Waals surface area contributed by atoms with Gasteiger partial charge in [-0.1, -0.05) is 40.5 Å². The number of hydrogen-bond acceptors (Lipinski definition) is 2. The van der Waals surface area contributed by atoms with Crippen molar-refractivity contribution >= 4 is 0 Å². The minimum absolute atomic E-state index is 0.159. The molecule has 3 unspecified atom stereocenters. The Morgan fingerprint density at radius 1 is 1.27 bits per heavy atom. The molecule has 0 aromatic carbocycles. The van der Waals surface area contributed by atoms with Crippen molar-refractivity contribution in [1.82, 2.24) is 0 Å². The molecule has 0 saturated heterocycles. The van der Waals surface area contributed by atoms with E-state index in [1.54, 1.807) is 0 Å². The Bertz CT molecular complexity index is 185. The molecular weight excluding hydrogens is 186 g/mol. The molecule has 90 valence electrons. The van der Waals surface area contributed by atoms with E-state index in [9.17, 15) is 0 Å². The van der Waals surface area contributed by atoms with Crippen molar-refractivity contribution in [2.75, 3.05) is 6.54 Å². The molecule has 0 heterocycles. The third kappa shape index (κ3) is 3.76. The molecule has 2 heteroatoms. The highest BCUT2D eigenvalue weighted by Gasteiger charge is 2.30. The lowest BCUT2D eigenvalue weighted by Crippen LogP contribution is -2.41. The van der Waals surface area contributed by atoms with Gasteiger partial charge in [-0.2, -0.15) is 0 Å². The summed E-state index contributed by atoms with van der Waals surface area (Å²) in [5.41, 5.74) is 5.96. The Morgan fingerprint density at radius 3 is 2.33 bits per heavy atom. The molecule has 0 radical (unpaired) electrons. The standard InChI is InChI=1S/C13H27NO/c1-10-7-5-6-8-11(10)15-12(9-14)13(2,3)4/h10-12H,5-9,14H2,1-4H3. The molecule has 0 aromatic rings. The van der Waals surface area contributed by atoms with Crippen molar-refractivity contribution in [3.63, 3.8) is 0 Å². The van der Waals surface area contributed by atoms with E-state index in [-0.39, 0.29) is 11.5 Å². The molecule has 2 nitrogen and oxygen atoms in total.